The van der Waals surface area contributed by atoms with Crippen LogP contribution in [0.4, 0.5) is 0 Å². The van der Waals surface area contributed by atoms with Gasteiger partial charge in [0, 0.05) is 11.6 Å². The highest BCUT2D eigenvalue weighted by Crippen LogP contribution is 2.28. The fraction of sp³-hybridized carbons (Fsp3) is 0.294. The minimum absolute atomic E-state index is 0.187. The number of halogens is 1. The Morgan fingerprint density at radius 2 is 1.80 bits per heavy atom. The third kappa shape index (κ3) is 3.75. The highest BCUT2D eigenvalue weighted by Gasteiger charge is 2.06. The van der Waals surface area contributed by atoms with Crippen molar-refractivity contribution in [3.05, 3.63) is 53.1 Å². The summed E-state index contributed by atoms with van der Waals surface area (Å²) in [4.78, 5) is 0. The van der Waals surface area contributed by atoms with E-state index in [9.17, 15) is 0 Å². The van der Waals surface area contributed by atoms with Crippen molar-refractivity contribution in [1.29, 1.82) is 0 Å². The van der Waals surface area contributed by atoms with Gasteiger partial charge in [0.05, 0.1) is 6.10 Å². The first kappa shape index (κ1) is 14.9. The van der Waals surface area contributed by atoms with Crippen molar-refractivity contribution < 1.29 is 4.74 Å². The van der Waals surface area contributed by atoms with Crippen LogP contribution in [-0.4, -0.2) is 13.2 Å². The van der Waals surface area contributed by atoms with Crippen molar-refractivity contribution in [2.45, 2.75) is 26.5 Å². The Morgan fingerprint density at radius 3 is 2.40 bits per heavy atom. The van der Waals surface area contributed by atoms with Gasteiger partial charge in [-0.3, -0.25) is 0 Å². The molecule has 0 aliphatic rings. The third-order valence-electron chi connectivity index (χ3n) is 2.98. The second-order valence-electron chi connectivity index (χ2n) is 5.02. The summed E-state index contributed by atoms with van der Waals surface area (Å²) >= 11 is 6.12. The van der Waals surface area contributed by atoms with Crippen LogP contribution in [0.5, 0.6) is 5.75 Å². The molecule has 106 valence electrons. The fourth-order valence-electron chi connectivity index (χ4n) is 2.15. The molecular weight excluding hydrogens is 270 g/mol. The number of rotatable bonds is 5. The van der Waals surface area contributed by atoms with Crippen LogP contribution in [0.1, 0.15) is 19.4 Å². The fourth-order valence-corrected chi connectivity index (χ4v) is 2.32. The maximum absolute atomic E-state index is 6.12. The zero-order valence-electron chi connectivity index (χ0n) is 12.1. The third-order valence-corrected chi connectivity index (χ3v) is 3.21. The summed E-state index contributed by atoms with van der Waals surface area (Å²) in [7, 11) is 1.94. The van der Waals surface area contributed by atoms with E-state index in [0.29, 0.717) is 0 Å². The second kappa shape index (κ2) is 6.78. The summed E-state index contributed by atoms with van der Waals surface area (Å²) in [5, 5.41) is 3.94. The van der Waals surface area contributed by atoms with E-state index in [4.69, 9.17) is 16.3 Å². The molecule has 0 fully saturated rings. The Balaban J connectivity index is 2.33. The predicted molar refractivity (Wildman–Crippen MR) is 85.4 cm³/mol. The van der Waals surface area contributed by atoms with Crippen LogP contribution < -0.4 is 10.1 Å². The van der Waals surface area contributed by atoms with Gasteiger partial charge in [-0.1, -0.05) is 29.8 Å². The molecule has 0 saturated heterocycles. The minimum atomic E-state index is 0.187. The van der Waals surface area contributed by atoms with E-state index < -0.39 is 0 Å². The normalized spacial score (nSPS) is 10.8. The summed E-state index contributed by atoms with van der Waals surface area (Å²) in [6, 6.07) is 14.1. The highest BCUT2D eigenvalue weighted by atomic mass is 35.5. The molecule has 2 rings (SSSR count). The van der Waals surface area contributed by atoms with Gasteiger partial charge < -0.3 is 10.1 Å². The van der Waals surface area contributed by atoms with Crippen LogP contribution in [-0.2, 0) is 6.54 Å². The molecule has 0 radical (unpaired) electrons. The first-order valence-electron chi connectivity index (χ1n) is 6.80. The molecule has 3 heteroatoms. The molecule has 0 bridgehead atoms. The van der Waals surface area contributed by atoms with Crippen molar-refractivity contribution in [1.82, 2.24) is 5.32 Å². The van der Waals surface area contributed by atoms with Crippen molar-refractivity contribution in [2.24, 2.45) is 0 Å². The average Bonchev–Trinajstić information content (AvgIpc) is 2.41. The molecule has 2 aromatic rings. The lowest BCUT2D eigenvalue weighted by atomic mass is 9.99. The van der Waals surface area contributed by atoms with Crippen LogP contribution in [0, 0.1) is 0 Å². The first-order chi connectivity index (χ1) is 9.60. The van der Waals surface area contributed by atoms with Crippen molar-refractivity contribution in [3.8, 4) is 16.9 Å². The quantitative estimate of drug-likeness (QED) is 0.874. The Labute approximate surface area is 125 Å². The second-order valence-corrected chi connectivity index (χ2v) is 5.46. The topological polar surface area (TPSA) is 21.3 Å². The molecular formula is C17H20ClNO. The Bertz CT molecular complexity index is 564. The molecule has 0 aliphatic carbocycles. The summed E-state index contributed by atoms with van der Waals surface area (Å²) in [6.07, 6.45) is 0.187. The number of hydrogen-bond acceptors (Lipinski definition) is 2. The Morgan fingerprint density at radius 1 is 1.10 bits per heavy atom. The average molecular weight is 290 g/mol. The van der Waals surface area contributed by atoms with E-state index >= 15 is 0 Å². The standard InChI is InChI=1S/C17H20ClNO/c1-12(2)20-16-8-5-13(6-9-16)17-10-15(18)7-4-14(17)11-19-3/h4-10,12,19H,11H2,1-3H3. The molecule has 20 heavy (non-hydrogen) atoms. The van der Waals surface area contributed by atoms with E-state index in [1.165, 1.54) is 5.56 Å². The highest BCUT2D eigenvalue weighted by molar-refractivity contribution is 6.30. The van der Waals surface area contributed by atoms with E-state index in [1.54, 1.807) is 0 Å². The lowest BCUT2D eigenvalue weighted by Crippen LogP contribution is -2.06. The van der Waals surface area contributed by atoms with Crippen LogP contribution in [0.25, 0.3) is 11.1 Å². The molecule has 0 atom stereocenters. The van der Waals surface area contributed by atoms with E-state index in [1.807, 2.05) is 45.2 Å². The van der Waals surface area contributed by atoms with Gasteiger partial charge in [0.25, 0.3) is 0 Å². The van der Waals surface area contributed by atoms with Crippen molar-refractivity contribution in [2.75, 3.05) is 7.05 Å². The van der Waals surface area contributed by atoms with Gasteiger partial charge in [-0.2, -0.15) is 0 Å². The molecule has 0 aromatic heterocycles. The largest absolute Gasteiger partial charge is 0.491 e. The summed E-state index contributed by atoms with van der Waals surface area (Å²) in [6.45, 7) is 4.86. The number of nitrogens with one attached hydrogen (secondary N) is 1. The molecule has 0 spiro atoms. The summed E-state index contributed by atoms with van der Waals surface area (Å²) in [5.74, 6) is 0.890. The number of hydrogen-bond donors (Lipinski definition) is 1. The zero-order chi connectivity index (χ0) is 14.5. The predicted octanol–water partition coefficient (Wildman–Crippen LogP) is 4.51. The Hall–Kier alpha value is -1.51. The molecule has 2 nitrogen and oxygen atoms in total. The lowest BCUT2D eigenvalue weighted by molar-refractivity contribution is 0.242. The zero-order valence-corrected chi connectivity index (χ0v) is 12.9. The van der Waals surface area contributed by atoms with Gasteiger partial charge in [-0.25, -0.2) is 0 Å². The van der Waals surface area contributed by atoms with E-state index in [0.717, 1.165) is 28.4 Å². The number of benzene rings is 2. The Kier molecular flexibility index (Phi) is 5.05. The van der Waals surface area contributed by atoms with Crippen LogP contribution in [0.2, 0.25) is 5.02 Å². The molecule has 0 saturated carbocycles. The van der Waals surface area contributed by atoms with Crippen molar-refractivity contribution in [3.63, 3.8) is 0 Å². The van der Waals surface area contributed by atoms with E-state index in [2.05, 4.69) is 23.5 Å². The number of ether oxygens (including phenoxy) is 1. The van der Waals surface area contributed by atoms with Crippen LogP contribution in [0.3, 0.4) is 0 Å². The summed E-state index contributed by atoms with van der Waals surface area (Å²) in [5.41, 5.74) is 3.53. The van der Waals surface area contributed by atoms with Gasteiger partial charge in [0.1, 0.15) is 5.75 Å². The molecule has 1 N–H and O–H groups in total. The summed E-state index contributed by atoms with van der Waals surface area (Å²) < 4.78 is 5.67. The molecule has 0 amide bonds. The van der Waals surface area contributed by atoms with Gasteiger partial charge in [-0.15, -0.1) is 0 Å². The maximum atomic E-state index is 6.12. The van der Waals surface area contributed by atoms with Crippen LogP contribution >= 0.6 is 11.6 Å². The SMILES string of the molecule is CNCc1ccc(Cl)cc1-c1ccc(OC(C)C)cc1. The molecule has 0 aliphatic heterocycles. The van der Waals surface area contributed by atoms with Gasteiger partial charge in [-0.05, 0) is 61.9 Å². The monoisotopic (exact) mass is 289 g/mol. The minimum Gasteiger partial charge on any atom is -0.491 e. The molecule has 2 aromatic carbocycles. The molecule has 0 heterocycles. The molecule has 0 unspecified atom stereocenters. The van der Waals surface area contributed by atoms with Gasteiger partial charge in [0.15, 0.2) is 0 Å². The van der Waals surface area contributed by atoms with Gasteiger partial charge in [0.2, 0.25) is 0 Å². The van der Waals surface area contributed by atoms with Crippen molar-refractivity contribution >= 4 is 11.6 Å². The van der Waals surface area contributed by atoms with Gasteiger partial charge >= 0.3 is 0 Å². The maximum Gasteiger partial charge on any atom is 0.119 e. The van der Waals surface area contributed by atoms with E-state index in [-0.39, 0.29) is 6.10 Å². The first-order valence-corrected chi connectivity index (χ1v) is 7.18. The lowest BCUT2D eigenvalue weighted by Gasteiger charge is -2.12. The smallest absolute Gasteiger partial charge is 0.119 e. The van der Waals surface area contributed by atoms with Crippen LogP contribution in [0.15, 0.2) is 42.5 Å².